The lowest BCUT2D eigenvalue weighted by molar-refractivity contribution is 0.0547. The molecule has 1 saturated carbocycles. The molecule has 0 saturated heterocycles. The van der Waals surface area contributed by atoms with Crippen LogP contribution in [0.25, 0.3) is 0 Å². The summed E-state index contributed by atoms with van der Waals surface area (Å²) in [6, 6.07) is 0. The summed E-state index contributed by atoms with van der Waals surface area (Å²) < 4.78 is 2.00. The quantitative estimate of drug-likeness (QED) is 0.767. The van der Waals surface area contributed by atoms with Gasteiger partial charge in [0.2, 0.25) is 5.78 Å². The summed E-state index contributed by atoms with van der Waals surface area (Å²) in [4.78, 5) is 19.4. The van der Waals surface area contributed by atoms with E-state index in [1.165, 1.54) is 6.42 Å². The lowest BCUT2D eigenvalue weighted by Crippen LogP contribution is -2.53. The molecule has 1 aliphatic rings. The van der Waals surface area contributed by atoms with Gasteiger partial charge < -0.3 is 4.57 Å². The molecule has 0 N–H and O–H groups in total. The third kappa shape index (κ3) is 2.59. The van der Waals surface area contributed by atoms with Crippen LogP contribution in [0.2, 0.25) is 0 Å². The van der Waals surface area contributed by atoms with Gasteiger partial charge in [-0.3, -0.25) is 9.69 Å². The number of carbonyl (C=O) groups excluding carboxylic acids is 1. The molecule has 106 valence electrons. The highest BCUT2D eigenvalue weighted by Gasteiger charge is 2.43. The molecule has 0 atom stereocenters. The highest BCUT2D eigenvalue weighted by Crippen LogP contribution is 2.34. The van der Waals surface area contributed by atoms with Gasteiger partial charge in [-0.15, -0.1) is 0 Å². The first-order valence-electron chi connectivity index (χ1n) is 7.35. The fourth-order valence-electron chi connectivity index (χ4n) is 3.16. The third-order valence-corrected chi connectivity index (χ3v) is 4.34. The van der Waals surface area contributed by atoms with E-state index >= 15 is 0 Å². The maximum Gasteiger partial charge on any atom is 0.218 e. The molecule has 1 fully saturated rings. The number of aromatic nitrogens is 2. The van der Waals surface area contributed by atoms with Crippen molar-refractivity contribution in [3.05, 3.63) is 18.2 Å². The predicted octanol–water partition coefficient (Wildman–Crippen LogP) is 2.74. The first-order valence-corrected chi connectivity index (χ1v) is 7.35. The molecule has 2 rings (SSSR count). The van der Waals surface area contributed by atoms with Crippen LogP contribution in [0.1, 0.15) is 56.1 Å². The van der Waals surface area contributed by atoms with Gasteiger partial charge in [0.1, 0.15) is 0 Å². The van der Waals surface area contributed by atoms with Gasteiger partial charge >= 0.3 is 0 Å². The van der Waals surface area contributed by atoms with Gasteiger partial charge in [0.05, 0.1) is 5.54 Å². The normalized spacial score (nSPS) is 18.7. The van der Waals surface area contributed by atoms with E-state index in [1.807, 2.05) is 24.9 Å². The summed E-state index contributed by atoms with van der Waals surface area (Å²) in [5, 5.41) is 0. The number of carbonyl (C=O) groups is 1. The standard InChI is InChI=1S/C15H25N3O/c1-4-11-18-12-10-16-14(18)13(19)15(17(2)3)8-6-5-7-9-15/h10,12H,4-9,11H2,1-3H3. The molecule has 0 radical (unpaired) electrons. The number of rotatable bonds is 5. The Kier molecular flexibility index (Phi) is 4.40. The molecule has 0 aromatic carbocycles. The van der Waals surface area contributed by atoms with Crippen molar-refractivity contribution in [1.82, 2.24) is 14.5 Å². The SMILES string of the molecule is CCCn1ccnc1C(=O)C1(N(C)C)CCCCC1. The Hall–Kier alpha value is -1.16. The van der Waals surface area contributed by atoms with Crippen molar-refractivity contribution in [2.45, 2.75) is 57.5 Å². The Morgan fingerprint density at radius 3 is 2.63 bits per heavy atom. The molecule has 4 heteroatoms. The highest BCUT2D eigenvalue weighted by molar-refractivity contribution is 6.00. The van der Waals surface area contributed by atoms with Crippen LogP contribution in [0.3, 0.4) is 0 Å². The number of likely N-dealkylation sites (N-methyl/N-ethyl adjacent to an activating group) is 1. The summed E-state index contributed by atoms with van der Waals surface area (Å²) in [5.74, 6) is 0.841. The van der Waals surface area contributed by atoms with E-state index in [9.17, 15) is 4.79 Å². The second kappa shape index (κ2) is 5.87. The molecule has 4 nitrogen and oxygen atoms in total. The summed E-state index contributed by atoms with van der Waals surface area (Å²) in [6.45, 7) is 2.99. The maximum atomic E-state index is 13.0. The van der Waals surface area contributed by atoms with Crippen LogP contribution in [0, 0.1) is 0 Å². The number of ketones is 1. The van der Waals surface area contributed by atoms with Crippen LogP contribution in [0.5, 0.6) is 0 Å². The van der Waals surface area contributed by atoms with Crippen molar-refractivity contribution in [1.29, 1.82) is 0 Å². The second-order valence-electron chi connectivity index (χ2n) is 5.76. The summed E-state index contributed by atoms with van der Waals surface area (Å²) in [5.41, 5.74) is -0.338. The molecular weight excluding hydrogens is 238 g/mol. The van der Waals surface area contributed by atoms with E-state index < -0.39 is 0 Å². The molecule has 0 aliphatic heterocycles. The summed E-state index contributed by atoms with van der Waals surface area (Å²) in [7, 11) is 4.05. The summed E-state index contributed by atoms with van der Waals surface area (Å²) in [6.07, 6.45) is 10.1. The average Bonchev–Trinajstić information content (AvgIpc) is 2.87. The van der Waals surface area contributed by atoms with Gasteiger partial charge in [-0.2, -0.15) is 0 Å². The number of imidazole rings is 1. The molecule has 0 amide bonds. The van der Waals surface area contributed by atoms with Crippen LogP contribution in [0.4, 0.5) is 0 Å². The highest BCUT2D eigenvalue weighted by atomic mass is 16.1. The second-order valence-corrected chi connectivity index (χ2v) is 5.76. The van der Waals surface area contributed by atoms with Crippen molar-refractivity contribution in [2.75, 3.05) is 14.1 Å². The molecule has 1 aliphatic carbocycles. The van der Waals surface area contributed by atoms with Crippen LogP contribution >= 0.6 is 0 Å². The molecule has 1 aromatic heterocycles. The van der Waals surface area contributed by atoms with E-state index in [2.05, 4.69) is 16.8 Å². The monoisotopic (exact) mass is 263 g/mol. The van der Waals surface area contributed by atoms with Gasteiger partial charge in [0, 0.05) is 18.9 Å². The Morgan fingerprint density at radius 2 is 2.05 bits per heavy atom. The lowest BCUT2D eigenvalue weighted by atomic mass is 9.77. The Labute approximate surface area is 115 Å². The third-order valence-electron chi connectivity index (χ3n) is 4.34. The van der Waals surface area contributed by atoms with Gasteiger partial charge in [-0.25, -0.2) is 4.98 Å². The minimum Gasteiger partial charge on any atom is -0.328 e. The minimum atomic E-state index is -0.338. The predicted molar refractivity (Wildman–Crippen MR) is 76.4 cm³/mol. The van der Waals surface area contributed by atoms with E-state index in [-0.39, 0.29) is 11.3 Å². The van der Waals surface area contributed by atoms with Gasteiger partial charge in [0.25, 0.3) is 0 Å². The molecular formula is C15H25N3O. The molecule has 0 unspecified atom stereocenters. The van der Waals surface area contributed by atoms with Crippen LogP contribution in [-0.4, -0.2) is 39.9 Å². The summed E-state index contributed by atoms with van der Waals surface area (Å²) >= 11 is 0. The fraction of sp³-hybridized carbons (Fsp3) is 0.733. The largest absolute Gasteiger partial charge is 0.328 e. The minimum absolute atomic E-state index is 0.204. The molecule has 0 spiro atoms. The van der Waals surface area contributed by atoms with Crippen molar-refractivity contribution < 1.29 is 4.79 Å². The smallest absolute Gasteiger partial charge is 0.218 e. The number of aryl methyl sites for hydroxylation is 1. The average molecular weight is 263 g/mol. The van der Waals surface area contributed by atoms with Crippen molar-refractivity contribution in [2.24, 2.45) is 0 Å². The molecule has 19 heavy (non-hydrogen) atoms. The van der Waals surface area contributed by atoms with Crippen LogP contribution in [-0.2, 0) is 6.54 Å². The zero-order chi connectivity index (χ0) is 13.9. The Balaban J connectivity index is 2.31. The van der Waals surface area contributed by atoms with Gasteiger partial charge in [-0.05, 0) is 33.4 Å². The topological polar surface area (TPSA) is 38.1 Å². The van der Waals surface area contributed by atoms with Crippen molar-refractivity contribution >= 4 is 5.78 Å². The molecule has 1 aromatic rings. The molecule has 1 heterocycles. The van der Waals surface area contributed by atoms with Crippen LogP contribution < -0.4 is 0 Å². The number of Topliss-reactive ketones (excluding diaryl/α,β-unsaturated/α-hetero) is 1. The zero-order valence-corrected chi connectivity index (χ0v) is 12.4. The van der Waals surface area contributed by atoms with Crippen molar-refractivity contribution in [3.8, 4) is 0 Å². The zero-order valence-electron chi connectivity index (χ0n) is 12.4. The Bertz CT molecular complexity index is 430. The number of hydrogen-bond donors (Lipinski definition) is 0. The maximum absolute atomic E-state index is 13.0. The number of hydrogen-bond acceptors (Lipinski definition) is 3. The number of nitrogens with zero attached hydrogens (tertiary/aromatic N) is 3. The van der Waals surface area contributed by atoms with Crippen molar-refractivity contribution in [3.63, 3.8) is 0 Å². The lowest BCUT2D eigenvalue weighted by Gasteiger charge is -2.41. The van der Waals surface area contributed by atoms with E-state index in [4.69, 9.17) is 0 Å². The van der Waals surface area contributed by atoms with E-state index in [0.717, 1.165) is 38.6 Å². The fourth-order valence-corrected chi connectivity index (χ4v) is 3.16. The first kappa shape index (κ1) is 14.3. The molecule has 0 bridgehead atoms. The van der Waals surface area contributed by atoms with E-state index in [1.54, 1.807) is 6.20 Å². The first-order chi connectivity index (χ1) is 9.12. The van der Waals surface area contributed by atoms with Gasteiger partial charge in [-0.1, -0.05) is 26.2 Å². The Morgan fingerprint density at radius 1 is 1.37 bits per heavy atom. The van der Waals surface area contributed by atoms with Gasteiger partial charge in [0.15, 0.2) is 5.82 Å². The van der Waals surface area contributed by atoms with Crippen LogP contribution in [0.15, 0.2) is 12.4 Å². The van der Waals surface area contributed by atoms with E-state index in [0.29, 0.717) is 5.82 Å².